The van der Waals surface area contributed by atoms with Gasteiger partial charge in [-0.3, -0.25) is 10.1 Å². The van der Waals surface area contributed by atoms with Crippen molar-refractivity contribution in [3.05, 3.63) is 24.0 Å². The average molecular weight is 393 g/mol. The summed E-state index contributed by atoms with van der Waals surface area (Å²) >= 11 is 1.20. The molecule has 0 aliphatic rings. The van der Waals surface area contributed by atoms with E-state index in [0.29, 0.717) is 35.6 Å². The van der Waals surface area contributed by atoms with Crippen molar-refractivity contribution < 1.29 is 19.1 Å². The fourth-order valence-electron chi connectivity index (χ4n) is 2.10. The summed E-state index contributed by atoms with van der Waals surface area (Å²) in [6.07, 6.45) is 0. The minimum absolute atomic E-state index is 0.0485. The summed E-state index contributed by atoms with van der Waals surface area (Å²) in [5.41, 5.74) is 0.490. The number of rotatable bonds is 8. The van der Waals surface area contributed by atoms with Gasteiger partial charge in [-0.1, -0.05) is 11.8 Å². The van der Waals surface area contributed by atoms with Crippen LogP contribution in [0.2, 0.25) is 0 Å². The zero-order valence-electron chi connectivity index (χ0n) is 15.7. The summed E-state index contributed by atoms with van der Waals surface area (Å²) in [4.78, 5) is 24.0. The molecule has 3 amide bonds. The van der Waals surface area contributed by atoms with Crippen LogP contribution in [-0.2, 0) is 11.8 Å². The van der Waals surface area contributed by atoms with E-state index in [4.69, 9.17) is 9.47 Å². The normalized spacial score (nSPS) is 10.4. The lowest BCUT2D eigenvalue weighted by molar-refractivity contribution is -0.117. The molecule has 0 bridgehead atoms. The molecule has 1 heterocycles. The van der Waals surface area contributed by atoms with Gasteiger partial charge in [0.25, 0.3) is 0 Å². The van der Waals surface area contributed by atoms with Crippen LogP contribution in [0.15, 0.2) is 23.4 Å². The van der Waals surface area contributed by atoms with Gasteiger partial charge >= 0.3 is 6.03 Å². The number of carbonyl (C=O) groups excluding carboxylic acids is 2. The first kappa shape index (κ1) is 20.6. The Labute approximate surface area is 161 Å². The van der Waals surface area contributed by atoms with Gasteiger partial charge in [0.15, 0.2) is 16.7 Å². The lowest BCUT2D eigenvalue weighted by atomic mass is 10.2. The number of amides is 3. The van der Waals surface area contributed by atoms with Crippen LogP contribution in [0.4, 0.5) is 10.5 Å². The highest BCUT2D eigenvalue weighted by Gasteiger charge is 2.13. The molecule has 0 fully saturated rings. The van der Waals surface area contributed by atoms with Crippen molar-refractivity contribution in [3.8, 4) is 11.5 Å². The van der Waals surface area contributed by atoms with Gasteiger partial charge in [-0.25, -0.2) is 4.79 Å². The van der Waals surface area contributed by atoms with Gasteiger partial charge in [0.2, 0.25) is 5.91 Å². The third-order valence-corrected chi connectivity index (χ3v) is 4.46. The average Bonchev–Trinajstić information content (AvgIpc) is 2.94. The number of aromatic nitrogens is 3. The zero-order chi connectivity index (χ0) is 19.8. The summed E-state index contributed by atoms with van der Waals surface area (Å²) in [6.45, 7) is 6.52. The van der Waals surface area contributed by atoms with E-state index in [9.17, 15) is 9.59 Å². The van der Waals surface area contributed by atoms with E-state index in [-0.39, 0.29) is 5.75 Å². The van der Waals surface area contributed by atoms with E-state index in [1.54, 1.807) is 22.8 Å². The standard InChI is InChI=1S/C17H23N5O4S/c1-5-25-13-8-7-12(9-14(13)26-6-2)18-16(24)19-15(23)10-27-17-21-20-11(3)22(17)4/h7-9H,5-6,10H2,1-4H3,(H2,18,19,23,24). The van der Waals surface area contributed by atoms with Gasteiger partial charge in [-0.05, 0) is 32.9 Å². The lowest BCUT2D eigenvalue weighted by Crippen LogP contribution is -2.35. The summed E-state index contributed by atoms with van der Waals surface area (Å²) in [6, 6.07) is 4.41. The minimum Gasteiger partial charge on any atom is -0.490 e. The molecule has 0 spiro atoms. The number of aryl methyl sites for hydroxylation is 1. The van der Waals surface area contributed by atoms with Crippen LogP contribution in [0.5, 0.6) is 11.5 Å². The Bertz CT molecular complexity index is 809. The van der Waals surface area contributed by atoms with Crippen molar-refractivity contribution >= 4 is 29.4 Å². The topological polar surface area (TPSA) is 107 Å². The number of hydrogen-bond donors (Lipinski definition) is 2. The summed E-state index contributed by atoms with van der Waals surface area (Å²) in [7, 11) is 1.81. The Morgan fingerprint density at radius 2 is 1.85 bits per heavy atom. The van der Waals surface area contributed by atoms with Crippen LogP contribution in [0.1, 0.15) is 19.7 Å². The molecule has 1 aromatic carbocycles. The van der Waals surface area contributed by atoms with E-state index >= 15 is 0 Å². The second kappa shape index (κ2) is 9.81. The highest BCUT2D eigenvalue weighted by Crippen LogP contribution is 2.30. The van der Waals surface area contributed by atoms with Crippen LogP contribution in [0.3, 0.4) is 0 Å². The van der Waals surface area contributed by atoms with E-state index in [0.717, 1.165) is 5.82 Å². The second-order valence-corrected chi connectivity index (χ2v) is 6.35. The summed E-state index contributed by atoms with van der Waals surface area (Å²) in [5.74, 6) is 1.48. The molecule has 9 nitrogen and oxygen atoms in total. The number of thioether (sulfide) groups is 1. The van der Waals surface area contributed by atoms with Crippen molar-refractivity contribution in [1.29, 1.82) is 0 Å². The van der Waals surface area contributed by atoms with Gasteiger partial charge in [0, 0.05) is 18.8 Å². The smallest absolute Gasteiger partial charge is 0.325 e. The van der Waals surface area contributed by atoms with Crippen molar-refractivity contribution in [2.75, 3.05) is 24.3 Å². The maximum Gasteiger partial charge on any atom is 0.325 e. The fraction of sp³-hybridized carbons (Fsp3) is 0.412. The zero-order valence-corrected chi connectivity index (χ0v) is 16.6. The number of imide groups is 1. The molecule has 10 heteroatoms. The summed E-state index contributed by atoms with van der Waals surface area (Å²) < 4.78 is 12.8. The quantitative estimate of drug-likeness (QED) is 0.663. The molecule has 2 N–H and O–H groups in total. The maximum absolute atomic E-state index is 12.0. The Morgan fingerprint density at radius 1 is 1.15 bits per heavy atom. The molecule has 0 saturated heterocycles. The molecule has 1 aromatic heterocycles. The molecule has 0 radical (unpaired) electrons. The van der Waals surface area contributed by atoms with E-state index < -0.39 is 11.9 Å². The molecule has 0 aliphatic carbocycles. The van der Waals surface area contributed by atoms with Crippen LogP contribution >= 0.6 is 11.8 Å². The number of anilines is 1. The highest BCUT2D eigenvalue weighted by molar-refractivity contribution is 7.99. The van der Waals surface area contributed by atoms with Gasteiger partial charge in [-0.15, -0.1) is 10.2 Å². The van der Waals surface area contributed by atoms with Gasteiger partial charge in [0.1, 0.15) is 5.82 Å². The first-order valence-corrected chi connectivity index (χ1v) is 9.42. The monoisotopic (exact) mass is 393 g/mol. The number of nitrogens with one attached hydrogen (secondary N) is 2. The Morgan fingerprint density at radius 3 is 2.48 bits per heavy atom. The van der Waals surface area contributed by atoms with Crippen molar-refractivity contribution in [2.45, 2.75) is 25.9 Å². The van der Waals surface area contributed by atoms with Crippen molar-refractivity contribution in [1.82, 2.24) is 20.1 Å². The molecular formula is C17H23N5O4S. The third-order valence-electron chi connectivity index (χ3n) is 3.44. The SMILES string of the molecule is CCOc1ccc(NC(=O)NC(=O)CSc2nnc(C)n2C)cc1OCC. The van der Waals surface area contributed by atoms with Crippen LogP contribution < -0.4 is 20.1 Å². The van der Waals surface area contributed by atoms with E-state index in [1.165, 1.54) is 11.8 Å². The van der Waals surface area contributed by atoms with Gasteiger partial charge in [-0.2, -0.15) is 0 Å². The van der Waals surface area contributed by atoms with E-state index in [1.807, 2.05) is 27.8 Å². The number of urea groups is 1. The third kappa shape index (κ3) is 5.88. The van der Waals surface area contributed by atoms with Gasteiger partial charge < -0.3 is 19.4 Å². The number of ether oxygens (including phenoxy) is 2. The number of nitrogens with zero attached hydrogens (tertiary/aromatic N) is 3. The molecule has 2 rings (SSSR count). The summed E-state index contributed by atoms with van der Waals surface area (Å²) in [5, 5.41) is 13.4. The van der Waals surface area contributed by atoms with E-state index in [2.05, 4.69) is 20.8 Å². The predicted molar refractivity (Wildman–Crippen MR) is 102 cm³/mol. The van der Waals surface area contributed by atoms with Gasteiger partial charge in [0.05, 0.1) is 19.0 Å². The second-order valence-electron chi connectivity index (χ2n) is 5.41. The predicted octanol–water partition coefficient (Wildman–Crippen LogP) is 2.36. The molecule has 146 valence electrons. The minimum atomic E-state index is -0.624. The van der Waals surface area contributed by atoms with Crippen molar-refractivity contribution in [3.63, 3.8) is 0 Å². The molecule has 27 heavy (non-hydrogen) atoms. The largest absolute Gasteiger partial charge is 0.490 e. The molecule has 0 atom stereocenters. The van der Waals surface area contributed by atoms with Crippen LogP contribution in [0, 0.1) is 6.92 Å². The molecule has 0 aliphatic heterocycles. The Hall–Kier alpha value is -2.75. The van der Waals surface area contributed by atoms with Crippen LogP contribution in [-0.4, -0.2) is 45.7 Å². The Balaban J connectivity index is 1.89. The molecule has 2 aromatic rings. The highest BCUT2D eigenvalue weighted by atomic mass is 32.2. The number of hydrogen-bond acceptors (Lipinski definition) is 7. The maximum atomic E-state index is 12.0. The Kier molecular flexibility index (Phi) is 7.47. The van der Waals surface area contributed by atoms with Crippen LogP contribution in [0.25, 0.3) is 0 Å². The first-order valence-electron chi connectivity index (χ1n) is 8.43. The van der Waals surface area contributed by atoms with Crippen molar-refractivity contribution in [2.24, 2.45) is 7.05 Å². The first-order chi connectivity index (χ1) is 12.9. The number of carbonyl (C=O) groups is 2. The fourth-order valence-corrected chi connectivity index (χ4v) is 2.85. The molecule has 0 unspecified atom stereocenters. The molecular weight excluding hydrogens is 370 g/mol. The molecule has 0 saturated carbocycles. The lowest BCUT2D eigenvalue weighted by Gasteiger charge is -2.13. The number of benzene rings is 1.